The number of nitrogens with one attached hydrogen (secondary N) is 1. The predicted octanol–water partition coefficient (Wildman–Crippen LogP) is 6.14. The number of aliphatic hydroxyl groups is 2. The number of aliphatic hydroxyl groups excluding tert-OH is 1. The Labute approximate surface area is 191 Å². The highest BCUT2D eigenvalue weighted by atomic mass is 79.9. The van der Waals surface area contributed by atoms with Crippen molar-refractivity contribution in [3.8, 4) is 0 Å². The maximum Gasteiger partial charge on any atom is 0.0976 e. The third kappa shape index (κ3) is 7.81. The van der Waals surface area contributed by atoms with Gasteiger partial charge in [-0.1, -0.05) is 97.4 Å². The zero-order valence-corrected chi connectivity index (χ0v) is 19.9. The summed E-state index contributed by atoms with van der Waals surface area (Å²) in [6, 6.07) is 18.5. The van der Waals surface area contributed by atoms with Crippen LogP contribution in [-0.2, 0) is 5.60 Å². The van der Waals surface area contributed by atoms with Crippen LogP contribution in [0.2, 0.25) is 0 Å². The van der Waals surface area contributed by atoms with E-state index in [0.717, 1.165) is 54.2 Å². The molecule has 0 saturated carbocycles. The molecule has 0 saturated heterocycles. The first kappa shape index (κ1) is 25.1. The van der Waals surface area contributed by atoms with Crippen LogP contribution in [0.3, 0.4) is 0 Å². The SMILES string of the molecule is CCCCCCC[C@@](O)(c1ccc(Br)cc1)[C@H](CNCCCCO)c1ccccc1. The molecule has 2 atom stereocenters. The van der Waals surface area contributed by atoms with Crippen LogP contribution >= 0.6 is 15.9 Å². The van der Waals surface area contributed by atoms with Gasteiger partial charge in [0.1, 0.15) is 0 Å². The highest BCUT2D eigenvalue weighted by Gasteiger charge is 2.38. The van der Waals surface area contributed by atoms with E-state index in [9.17, 15) is 5.11 Å². The number of rotatable bonds is 15. The number of hydrogen-bond donors (Lipinski definition) is 3. The van der Waals surface area contributed by atoms with Crippen LogP contribution < -0.4 is 5.32 Å². The van der Waals surface area contributed by atoms with Gasteiger partial charge in [-0.25, -0.2) is 0 Å². The second-order valence-electron chi connectivity index (χ2n) is 8.19. The highest BCUT2D eigenvalue weighted by molar-refractivity contribution is 9.10. The third-order valence-corrected chi connectivity index (χ3v) is 6.42. The van der Waals surface area contributed by atoms with Gasteiger partial charge in [0.25, 0.3) is 0 Å². The molecule has 0 bridgehead atoms. The molecule has 0 fully saturated rings. The van der Waals surface area contributed by atoms with Gasteiger partial charge in [0.05, 0.1) is 5.60 Å². The first-order chi connectivity index (χ1) is 14.6. The van der Waals surface area contributed by atoms with Crippen molar-refractivity contribution in [3.63, 3.8) is 0 Å². The minimum Gasteiger partial charge on any atom is -0.396 e. The van der Waals surface area contributed by atoms with E-state index in [4.69, 9.17) is 5.11 Å². The summed E-state index contributed by atoms with van der Waals surface area (Å²) in [5.74, 6) is -0.0415. The van der Waals surface area contributed by atoms with Gasteiger partial charge in [-0.2, -0.15) is 0 Å². The topological polar surface area (TPSA) is 52.5 Å². The van der Waals surface area contributed by atoms with E-state index in [0.29, 0.717) is 6.54 Å². The van der Waals surface area contributed by atoms with Gasteiger partial charge >= 0.3 is 0 Å². The number of unbranched alkanes of at least 4 members (excludes halogenated alkanes) is 5. The lowest BCUT2D eigenvalue weighted by Gasteiger charge is -2.38. The molecule has 3 nitrogen and oxygen atoms in total. The summed E-state index contributed by atoms with van der Waals surface area (Å²) in [7, 11) is 0. The van der Waals surface area contributed by atoms with Gasteiger partial charge < -0.3 is 15.5 Å². The van der Waals surface area contributed by atoms with E-state index < -0.39 is 5.60 Å². The van der Waals surface area contributed by atoms with Crippen molar-refractivity contribution in [2.75, 3.05) is 19.7 Å². The Kier molecular flexibility index (Phi) is 11.7. The fourth-order valence-corrected chi connectivity index (χ4v) is 4.38. The van der Waals surface area contributed by atoms with E-state index in [-0.39, 0.29) is 12.5 Å². The molecule has 166 valence electrons. The lowest BCUT2D eigenvalue weighted by molar-refractivity contribution is -0.00409. The summed E-state index contributed by atoms with van der Waals surface area (Å²) in [5, 5.41) is 24.7. The van der Waals surface area contributed by atoms with Crippen molar-refractivity contribution in [1.29, 1.82) is 0 Å². The summed E-state index contributed by atoms with van der Waals surface area (Å²) >= 11 is 3.53. The number of halogens is 1. The largest absolute Gasteiger partial charge is 0.396 e. The molecular weight excluding hydrogens is 438 g/mol. The van der Waals surface area contributed by atoms with Crippen LogP contribution in [0.25, 0.3) is 0 Å². The van der Waals surface area contributed by atoms with Gasteiger partial charge in [0, 0.05) is 23.5 Å². The van der Waals surface area contributed by atoms with Crippen molar-refractivity contribution in [3.05, 3.63) is 70.2 Å². The molecule has 2 aromatic rings. The maximum absolute atomic E-state index is 12.2. The number of hydrogen-bond acceptors (Lipinski definition) is 3. The first-order valence-corrected chi connectivity index (χ1v) is 12.3. The predicted molar refractivity (Wildman–Crippen MR) is 130 cm³/mol. The average Bonchev–Trinajstić information content (AvgIpc) is 2.77. The monoisotopic (exact) mass is 475 g/mol. The Balaban J connectivity index is 2.26. The van der Waals surface area contributed by atoms with Gasteiger partial charge in [0.15, 0.2) is 0 Å². The molecule has 30 heavy (non-hydrogen) atoms. The van der Waals surface area contributed by atoms with Crippen LogP contribution in [0.5, 0.6) is 0 Å². The molecule has 3 N–H and O–H groups in total. The second-order valence-corrected chi connectivity index (χ2v) is 9.11. The molecular formula is C26H38BrNO2. The van der Waals surface area contributed by atoms with E-state index >= 15 is 0 Å². The third-order valence-electron chi connectivity index (χ3n) is 5.89. The lowest BCUT2D eigenvalue weighted by atomic mass is 9.74. The van der Waals surface area contributed by atoms with Gasteiger partial charge in [-0.3, -0.25) is 0 Å². The van der Waals surface area contributed by atoms with Crippen molar-refractivity contribution >= 4 is 15.9 Å². The molecule has 0 aliphatic rings. The summed E-state index contributed by atoms with van der Waals surface area (Å²) in [5.41, 5.74) is 1.21. The summed E-state index contributed by atoms with van der Waals surface area (Å²) in [4.78, 5) is 0. The second kappa shape index (κ2) is 14.0. The lowest BCUT2D eigenvalue weighted by Crippen LogP contribution is -2.40. The Bertz CT molecular complexity index is 692. The van der Waals surface area contributed by atoms with E-state index in [1.807, 2.05) is 18.2 Å². The molecule has 0 aliphatic carbocycles. The normalized spacial score (nSPS) is 14.4. The average molecular weight is 476 g/mol. The molecule has 4 heteroatoms. The minimum atomic E-state index is -0.932. The molecule has 0 radical (unpaired) electrons. The molecule has 0 amide bonds. The zero-order valence-electron chi connectivity index (χ0n) is 18.3. The van der Waals surface area contributed by atoms with E-state index in [1.165, 1.54) is 19.3 Å². The van der Waals surface area contributed by atoms with Crippen molar-refractivity contribution in [2.24, 2.45) is 0 Å². The maximum atomic E-state index is 12.2. The Morgan fingerprint density at radius 3 is 2.27 bits per heavy atom. The van der Waals surface area contributed by atoms with Gasteiger partial charge in [-0.15, -0.1) is 0 Å². The smallest absolute Gasteiger partial charge is 0.0976 e. The fourth-order valence-electron chi connectivity index (χ4n) is 4.11. The summed E-state index contributed by atoms with van der Waals surface area (Å²) in [6.07, 6.45) is 8.35. The molecule has 2 rings (SSSR count). The van der Waals surface area contributed by atoms with Crippen molar-refractivity contribution < 1.29 is 10.2 Å². The molecule has 2 aromatic carbocycles. The summed E-state index contributed by atoms with van der Waals surface area (Å²) < 4.78 is 1.02. The van der Waals surface area contributed by atoms with Crippen molar-refractivity contribution in [2.45, 2.75) is 69.8 Å². The van der Waals surface area contributed by atoms with E-state index in [1.54, 1.807) is 0 Å². The Hall–Kier alpha value is -1.20. The molecule has 0 spiro atoms. The van der Waals surface area contributed by atoms with Crippen LogP contribution in [-0.4, -0.2) is 29.9 Å². The van der Waals surface area contributed by atoms with Crippen LogP contribution in [0.15, 0.2) is 59.1 Å². The number of benzene rings is 2. The fraction of sp³-hybridized carbons (Fsp3) is 0.538. The van der Waals surface area contributed by atoms with Crippen LogP contribution in [0, 0.1) is 0 Å². The molecule has 0 heterocycles. The molecule has 0 aromatic heterocycles. The standard InChI is InChI=1S/C26H38BrNO2/c1-2-3-4-5-9-18-26(30,23-14-16-24(27)17-15-23)25(21-28-19-10-11-20-29)22-12-7-6-8-13-22/h6-8,12-17,25,28-30H,2-5,9-11,18-21H2,1H3/t25-,26-/m1/s1. The van der Waals surface area contributed by atoms with Gasteiger partial charge in [0.2, 0.25) is 0 Å². The van der Waals surface area contributed by atoms with Crippen molar-refractivity contribution in [1.82, 2.24) is 5.32 Å². The molecule has 0 unspecified atom stereocenters. The quantitative estimate of drug-likeness (QED) is 0.271. The van der Waals surface area contributed by atoms with Gasteiger partial charge in [-0.05, 0) is 49.1 Å². The highest BCUT2D eigenvalue weighted by Crippen LogP contribution is 2.41. The molecule has 0 aliphatic heterocycles. The van der Waals surface area contributed by atoms with E-state index in [2.05, 4.69) is 64.6 Å². The first-order valence-electron chi connectivity index (χ1n) is 11.5. The minimum absolute atomic E-state index is 0.0415. The van der Waals surface area contributed by atoms with Crippen LogP contribution in [0.4, 0.5) is 0 Å². The Morgan fingerprint density at radius 2 is 1.60 bits per heavy atom. The van der Waals surface area contributed by atoms with Crippen LogP contribution in [0.1, 0.15) is 75.3 Å². The zero-order chi connectivity index (χ0) is 21.7. The Morgan fingerprint density at radius 1 is 0.900 bits per heavy atom. The summed E-state index contributed by atoms with van der Waals surface area (Å²) in [6.45, 7) is 4.00.